The largest absolute Gasteiger partial charge is 0.326 e. The molecule has 22 heavy (non-hydrogen) atoms. The molecule has 124 valence electrons. The zero-order valence-electron chi connectivity index (χ0n) is 13.0. The van der Waals surface area contributed by atoms with Crippen molar-refractivity contribution in [2.75, 3.05) is 11.9 Å². The first-order valence-corrected chi connectivity index (χ1v) is 8.76. The minimum absolute atomic E-state index is 0. The molecule has 1 saturated heterocycles. The molecule has 5 nitrogen and oxygen atoms in total. The Bertz CT molecular complexity index is 638. The van der Waals surface area contributed by atoms with E-state index >= 15 is 0 Å². The van der Waals surface area contributed by atoms with Gasteiger partial charge in [-0.15, -0.1) is 12.4 Å². The predicted molar refractivity (Wildman–Crippen MR) is 90.3 cm³/mol. The predicted octanol–water partition coefficient (Wildman–Crippen LogP) is 2.67. The minimum Gasteiger partial charge on any atom is -0.326 e. The fourth-order valence-electron chi connectivity index (χ4n) is 2.56. The average molecular weight is 347 g/mol. The summed E-state index contributed by atoms with van der Waals surface area (Å²) in [5.41, 5.74) is 1.39. The van der Waals surface area contributed by atoms with Gasteiger partial charge in [0, 0.05) is 18.7 Å². The van der Waals surface area contributed by atoms with Gasteiger partial charge in [-0.2, -0.15) is 0 Å². The lowest BCUT2D eigenvalue weighted by molar-refractivity contribution is -0.114. The zero-order chi connectivity index (χ0) is 15.6. The van der Waals surface area contributed by atoms with Crippen molar-refractivity contribution in [3.63, 3.8) is 0 Å². The van der Waals surface area contributed by atoms with Gasteiger partial charge >= 0.3 is 0 Å². The highest BCUT2D eigenvalue weighted by Gasteiger charge is 2.28. The van der Waals surface area contributed by atoms with E-state index in [4.69, 9.17) is 0 Å². The molecule has 1 atom stereocenters. The van der Waals surface area contributed by atoms with E-state index < -0.39 is 15.1 Å². The van der Waals surface area contributed by atoms with Crippen molar-refractivity contribution < 1.29 is 13.2 Å². The van der Waals surface area contributed by atoms with Gasteiger partial charge in [0.25, 0.3) is 0 Å². The van der Waals surface area contributed by atoms with Crippen LogP contribution in [-0.4, -0.2) is 26.1 Å². The summed E-state index contributed by atoms with van der Waals surface area (Å²) in [6, 6.07) is 5.06. The van der Waals surface area contributed by atoms with Gasteiger partial charge in [-0.1, -0.05) is 0 Å². The van der Waals surface area contributed by atoms with Crippen molar-refractivity contribution in [1.29, 1.82) is 0 Å². The van der Waals surface area contributed by atoms with Gasteiger partial charge in [-0.3, -0.25) is 4.79 Å². The van der Waals surface area contributed by atoms with E-state index in [2.05, 4.69) is 10.6 Å². The molecule has 0 aromatic heterocycles. The molecule has 1 amide bonds. The Morgan fingerprint density at radius 1 is 1.36 bits per heavy atom. The minimum atomic E-state index is -3.34. The standard InChI is InChI=1S/C15H22N2O3S.ClH/c1-10(2)21(19,20)15-7-6-12(17-11(3)18)9-13(15)14-5-4-8-16-14;/h6-7,9-10,14,16H,4-5,8H2,1-3H3,(H,17,18);1H. The molecule has 0 bridgehead atoms. The van der Waals surface area contributed by atoms with Gasteiger partial charge in [-0.05, 0) is 57.0 Å². The summed E-state index contributed by atoms with van der Waals surface area (Å²) in [6.07, 6.45) is 1.93. The van der Waals surface area contributed by atoms with Crippen LogP contribution in [0.5, 0.6) is 0 Å². The van der Waals surface area contributed by atoms with Crippen molar-refractivity contribution in [1.82, 2.24) is 5.32 Å². The number of hydrogen-bond acceptors (Lipinski definition) is 4. The maximum absolute atomic E-state index is 12.5. The number of hydrogen-bond donors (Lipinski definition) is 2. The zero-order valence-corrected chi connectivity index (χ0v) is 14.7. The fraction of sp³-hybridized carbons (Fsp3) is 0.533. The second kappa shape index (κ2) is 7.44. The Kier molecular flexibility index (Phi) is 6.40. The van der Waals surface area contributed by atoms with Crippen molar-refractivity contribution in [3.8, 4) is 0 Å². The molecule has 2 rings (SSSR count). The van der Waals surface area contributed by atoms with Crippen LogP contribution in [0.1, 0.15) is 45.2 Å². The number of anilines is 1. The van der Waals surface area contributed by atoms with Gasteiger partial charge in [0.15, 0.2) is 9.84 Å². The van der Waals surface area contributed by atoms with Crippen molar-refractivity contribution in [2.24, 2.45) is 0 Å². The van der Waals surface area contributed by atoms with Gasteiger partial charge in [0.05, 0.1) is 10.1 Å². The number of amides is 1. The maximum atomic E-state index is 12.5. The van der Waals surface area contributed by atoms with Crippen molar-refractivity contribution in [3.05, 3.63) is 23.8 Å². The Balaban J connectivity index is 0.00000242. The summed E-state index contributed by atoms with van der Waals surface area (Å²) in [5, 5.41) is 5.57. The van der Waals surface area contributed by atoms with Crippen LogP contribution in [0.15, 0.2) is 23.1 Å². The number of benzene rings is 1. The normalized spacial score (nSPS) is 18.1. The third kappa shape index (κ3) is 4.00. The molecule has 0 radical (unpaired) electrons. The van der Waals surface area contributed by atoms with Crippen LogP contribution < -0.4 is 10.6 Å². The van der Waals surface area contributed by atoms with Gasteiger partial charge in [-0.25, -0.2) is 8.42 Å². The summed E-state index contributed by atoms with van der Waals surface area (Å²) in [5.74, 6) is -0.167. The highest BCUT2D eigenvalue weighted by atomic mass is 35.5. The first kappa shape index (κ1) is 18.9. The third-order valence-corrected chi connectivity index (χ3v) is 5.92. The van der Waals surface area contributed by atoms with E-state index in [1.807, 2.05) is 0 Å². The Hall–Kier alpha value is -1.11. The third-order valence-electron chi connectivity index (χ3n) is 3.69. The number of halogens is 1. The fourth-order valence-corrected chi connectivity index (χ4v) is 3.86. The van der Waals surface area contributed by atoms with Crippen LogP contribution >= 0.6 is 12.4 Å². The lowest BCUT2D eigenvalue weighted by atomic mass is 10.0. The van der Waals surface area contributed by atoms with Crippen LogP contribution in [0, 0.1) is 0 Å². The summed E-state index contributed by atoms with van der Waals surface area (Å²) in [4.78, 5) is 11.6. The number of carbonyl (C=O) groups excluding carboxylic acids is 1. The second-order valence-electron chi connectivity index (χ2n) is 5.68. The molecule has 7 heteroatoms. The molecule has 1 aromatic rings. The van der Waals surface area contributed by atoms with E-state index in [0.717, 1.165) is 24.9 Å². The summed E-state index contributed by atoms with van der Waals surface area (Å²) in [6.45, 7) is 5.69. The van der Waals surface area contributed by atoms with E-state index in [-0.39, 0.29) is 24.4 Å². The van der Waals surface area contributed by atoms with Crippen molar-refractivity contribution in [2.45, 2.75) is 49.8 Å². The molecule has 2 N–H and O–H groups in total. The average Bonchev–Trinajstić information content (AvgIpc) is 2.91. The van der Waals surface area contributed by atoms with E-state index in [1.54, 1.807) is 32.0 Å². The van der Waals surface area contributed by atoms with E-state index in [0.29, 0.717) is 10.6 Å². The van der Waals surface area contributed by atoms with Crippen LogP contribution in [0.25, 0.3) is 0 Å². The van der Waals surface area contributed by atoms with Gasteiger partial charge in [0.1, 0.15) is 0 Å². The topological polar surface area (TPSA) is 75.3 Å². The molecule has 1 heterocycles. The number of carbonyl (C=O) groups is 1. The molecule has 1 aromatic carbocycles. The molecular weight excluding hydrogens is 324 g/mol. The molecule has 0 spiro atoms. The quantitative estimate of drug-likeness (QED) is 0.878. The SMILES string of the molecule is CC(=O)Nc1ccc(S(=O)(=O)C(C)C)c(C2CCCN2)c1.Cl. The summed E-state index contributed by atoms with van der Waals surface area (Å²) < 4.78 is 25.1. The highest BCUT2D eigenvalue weighted by molar-refractivity contribution is 7.92. The molecule has 1 aliphatic rings. The first-order valence-electron chi connectivity index (χ1n) is 7.21. The van der Waals surface area contributed by atoms with Crippen LogP contribution in [-0.2, 0) is 14.6 Å². The lowest BCUT2D eigenvalue weighted by Gasteiger charge is -2.19. The number of nitrogens with one attached hydrogen (secondary N) is 2. The van der Waals surface area contributed by atoms with E-state index in [9.17, 15) is 13.2 Å². The Labute approximate surface area is 138 Å². The first-order chi connectivity index (χ1) is 9.82. The molecule has 0 aliphatic carbocycles. The summed E-state index contributed by atoms with van der Waals surface area (Å²) in [7, 11) is -3.34. The molecule has 1 aliphatic heterocycles. The smallest absolute Gasteiger partial charge is 0.221 e. The molecule has 1 fully saturated rings. The lowest BCUT2D eigenvalue weighted by Crippen LogP contribution is -2.21. The van der Waals surface area contributed by atoms with E-state index in [1.165, 1.54) is 6.92 Å². The summed E-state index contributed by atoms with van der Waals surface area (Å²) >= 11 is 0. The van der Waals surface area contributed by atoms with Gasteiger partial charge in [0.2, 0.25) is 5.91 Å². The molecule has 1 unspecified atom stereocenters. The maximum Gasteiger partial charge on any atom is 0.221 e. The van der Waals surface area contributed by atoms with Crippen LogP contribution in [0.2, 0.25) is 0 Å². The second-order valence-corrected chi connectivity index (χ2v) is 8.15. The van der Waals surface area contributed by atoms with Crippen LogP contribution in [0.4, 0.5) is 5.69 Å². The van der Waals surface area contributed by atoms with Crippen LogP contribution in [0.3, 0.4) is 0 Å². The Morgan fingerprint density at radius 3 is 2.55 bits per heavy atom. The highest BCUT2D eigenvalue weighted by Crippen LogP contribution is 2.32. The van der Waals surface area contributed by atoms with Crippen molar-refractivity contribution >= 4 is 33.8 Å². The molecular formula is C15H23ClN2O3S. The molecule has 0 saturated carbocycles. The monoisotopic (exact) mass is 346 g/mol. The van der Waals surface area contributed by atoms with Gasteiger partial charge < -0.3 is 10.6 Å². The Morgan fingerprint density at radius 2 is 2.05 bits per heavy atom. The number of rotatable bonds is 4. The number of sulfone groups is 1.